The Bertz CT molecular complexity index is 1080. The highest BCUT2D eigenvalue weighted by molar-refractivity contribution is 6.64. The number of rotatable bonds is 7. The Hall–Kier alpha value is -3.45. The van der Waals surface area contributed by atoms with Gasteiger partial charge in [-0.05, 0) is 11.6 Å². The number of aromatic carboxylic acids is 1. The predicted molar refractivity (Wildman–Crippen MR) is 103 cm³/mol. The molecule has 4 rings (SSSR count). The number of hydrogen-bond acceptors (Lipinski definition) is 10. The van der Waals surface area contributed by atoms with Crippen molar-refractivity contribution in [2.45, 2.75) is 38.1 Å². The van der Waals surface area contributed by atoms with Crippen LogP contribution in [0.15, 0.2) is 18.3 Å². The standard InChI is InChI=1S/C19H22BN4O8/c25-16(10-24-7-12(21-22-24)5-17(26)27)23-8-13(9-23)32-15-2-1-11-3-4-20(30,31)6-14(11)18(15)19(28)29/h1-2,7,13,30-31H,3-6,8-10H2,(H,26,27)(H,28,29)/q-1/p-2. The van der Waals surface area contributed by atoms with E-state index in [1.54, 1.807) is 6.07 Å². The zero-order valence-electron chi connectivity index (χ0n) is 17.0. The monoisotopic (exact) mass is 443 g/mol. The molecule has 0 atom stereocenters. The van der Waals surface area contributed by atoms with E-state index in [1.807, 2.05) is 0 Å². The van der Waals surface area contributed by atoms with Gasteiger partial charge in [0.2, 0.25) is 12.5 Å². The van der Waals surface area contributed by atoms with E-state index in [2.05, 4.69) is 10.3 Å². The Labute approximate surface area is 182 Å². The van der Waals surface area contributed by atoms with Crippen molar-refractivity contribution in [1.29, 1.82) is 0 Å². The molecule has 0 bridgehead atoms. The molecule has 0 spiro atoms. The molecule has 170 valence electrons. The van der Waals surface area contributed by atoms with Crippen LogP contribution in [-0.4, -0.2) is 73.5 Å². The van der Waals surface area contributed by atoms with E-state index in [1.165, 1.54) is 21.8 Å². The van der Waals surface area contributed by atoms with E-state index in [0.29, 0.717) is 17.5 Å². The average molecular weight is 443 g/mol. The van der Waals surface area contributed by atoms with Gasteiger partial charge in [-0.3, -0.25) is 4.79 Å². The van der Waals surface area contributed by atoms with E-state index >= 15 is 0 Å². The van der Waals surface area contributed by atoms with E-state index < -0.39 is 31.0 Å². The summed E-state index contributed by atoms with van der Waals surface area (Å²) in [7, 11) is 0. The van der Waals surface area contributed by atoms with Gasteiger partial charge in [0.1, 0.15) is 18.4 Å². The highest BCUT2D eigenvalue weighted by Gasteiger charge is 2.34. The second-order valence-corrected chi connectivity index (χ2v) is 8.24. The summed E-state index contributed by atoms with van der Waals surface area (Å²) < 4.78 is 7.00. The lowest BCUT2D eigenvalue weighted by Crippen LogP contribution is -2.57. The molecule has 1 amide bonds. The highest BCUT2D eigenvalue weighted by atomic mass is 16.5. The fraction of sp³-hybridized carbons (Fsp3) is 0.421. The maximum atomic E-state index is 12.4. The third-order valence-corrected chi connectivity index (χ3v) is 5.69. The van der Waals surface area contributed by atoms with Crippen LogP contribution < -0.4 is 14.9 Å². The van der Waals surface area contributed by atoms with Crippen molar-refractivity contribution in [3.8, 4) is 5.75 Å². The van der Waals surface area contributed by atoms with Gasteiger partial charge in [-0.15, -0.1) is 17.7 Å². The lowest BCUT2D eigenvalue weighted by molar-refractivity contribution is -0.304. The molecule has 1 aromatic heterocycles. The summed E-state index contributed by atoms with van der Waals surface area (Å²) in [6.45, 7) is -2.36. The number of carboxylic acids is 2. The van der Waals surface area contributed by atoms with E-state index in [9.17, 15) is 34.6 Å². The van der Waals surface area contributed by atoms with Crippen LogP contribution in [0.2, 0.25) is 6.32 Å². The summed E-state index contributed by atoms with van der Waals surface area (Å²) in [6, 6.07) is 3.23. The number of hydrogen-bond donors (Lipinski definition) is 2. The number of fused-ring (bicyclic) bond motifs is 1. The minimum atomic E-state index is -2.67. The van der Waals surface area contributed by atoms with Gasteiger partial charge in [0.15, 0.2) is 0 Å². The molecule has 12 nitrogen and oxygen atoms in total. The number of ether oxygens (including phenoxy) is 1. The van der Waals surface area contributed by atoms with Crippen LogP contribution >= 0.6 is 0 Å². The fourth-order valence-electron chi connectivity index (χ4n) is 4.05. The Kier molecular flexibility index (Phi) is 5.61. The van der Waals surface area contributed by atoms with Gasteiger partial charge in [0.05, 0.1) is 24.8 Å². The van der Waals surface area contributed by atoms with Crippen LogP contribution in [0.1, 0.15) is 27.2 Å². The molecular formula is C19H20BN4O8-3. The molecule has 2 aliphatic rings. The van der Waals surface area contributed by atoms with Gasteiger partial charge in [0.25, 0.3) is 0 Å². The minimum absolute atomic E-state index is 0.0672. The Balaban J connectivity index is 1.38. The predicted octanol–water partition coefficient (Wildman–Crippen LogP) is -3.71. The molecule has 2 aromatic rings. The van der Waals surface area contributed by atoms with E-state index in [-0.39, 0.29) is 55.2 Å². The molecule has 3 heterocycles. The van der Waals surface area contributed by atoms with Crippen molar-refractivity contribution in [3.05, 3.63) is 40.7 Å². The van der Waals surface area contributed by atoms with Crippen molar-refractivity contribution in [2.24, 2.45) is 0 Å². The topological polar surface area (TPSA) is 181 Å². The number of nitrogens with zero attached hydrogens (tertiary/aromatic N) is 4. The summed E-state index contributed by atoms with van der Waals surface area (Å²) in [5.74, 6) is -2.98. The quantitative estimate of drug-likeness (QED) is 0.404. The van der Waals surface area contributed by atoms with Gasteiger partial charge in [-0.2, -0.15) is 0 Å². The zero-order valence-corrected chi connectivity index (χ0v) is 17.0. The van der Waals surface area contributed by atoms with Crippen LogP contribution in [0.5, 0.6) is 5.75 Å². The Morgan fingerprint density at radius 3 is 2.66 bits per heavy atom. The van der Waals surface area contributed by atoms with Crippen LogP contribution in [-0.2, 0) is 35.3 Å². The largest absolute Gasteiger partial charge is 0.583 e. The van der Waals surface area contributed by atoms with Crippen LogP contribution in [0.3, 0.4) is 0 Å². The minimum Gasteiger partial charge on any atom is -0.583 e. The lowest BCUT2D eigenvalue weighted by atomic mass is 9.47. The molecule has 0 radical (unpaired) electrons. The molecule has 1 fully saturated rings. The number of carbonyl (C=O) groups is 3. The van der Waals surface area contributed by atoms with Gasteiger partial charge in [-0.1, -0.05) is 23.3 Å². The zero-order chi connectivity index (χ0) is 23.0. The number of carbonyl (C=O) groups excluding carboxylic acids is 3. The molecule has 1 saturated heterocycles. The number of aromatic nitrogens is 3. The number of likely N-dealkylation sites (tertiary alicyclic amines) is 1. The fourth-order valence-corrected chi connectivity index (χ4v) is 4.05. The van der Waals surface area contributed by atoms with Crippen molar-refractivity contribution >= 4 is 24.4 Å². The first-order chi connectivity index (χ1) is 15.1. The van der Waals surface area contributed by atoms with Crippen molar-refractivity contribution in [3.63, 3.8) is 0 Å². The van der Waals surface area contributed by atoms with Gasteiger partial charge < -0.3 is 39.5 Å². The number of benzene rings is 1. The third kappa shape index (κ3) is 4.58. The summed E-state index contributed by atoms with van der Waals surface area (Å²) >= 11 is 0. The summed E-state index contributed by atoms with van der Waals surface area (Å²) in [5.41, 5.74) is 1.02. The maximum Gasteiger partial charge on any atom is 0.244 e. The van der Waals surface area contributed by atoms with E-state index in [0.717, 1.165) is 0 Å². The number of aryl methyl sites for hydroxylation is 1. The van der Waals surface area contributed by atoms with Crippen molar-refractivity contribution < 1.29 is 39.4 Å². The van der Waals surface area contributed by atoms with Gasteiger partial charge >= 0.3 is 0 Å². The smallest absolute Gasteiger partial charge is 0.244 e. The third-order valence-electron chi connectivity index (χ3n) is 5.69. The molecule has 1 aromatic carbocycles. The van der Waals surface area contributed by atoms with Crippen molar-refractivity contribution in [2.75, 3.05) is 13.1 Å². The molecule has 0 saturated carbocycles. The second-order valence-electron chi connectivity index (χ2n) is 8.24. The number of amides is 1. The van der Waals surface area contributed by atoms with Crippen LogP contribution in [0, 0.1) is 0 Å². The molecule has 13 heteroatoms. The molecular weight excluding hydrogens is 423 g/mol. The first kappa shape index (κ1) is 21.8. The van der Waals surface area contributed by atoms with Crippen LogP contribution in [0.4, 0.5) is 0 Å². The highest BCUT2D eigenvalue weighted by Crippen LogP contribution is 2.34. The van der Waals surface area contributed by atoms with E-state index in [4.69, 9.17) is 4.74 Å². The van der Waals surface area contributed by atoms with Crippen molar-refractivity contribution in [1.82, 2.24) is 19.9 Å². The molecule has 0 unspecified atom stereocenters. The number of carboxylic acid groups (broad SMARTS) is 2. The SMILES string of the molecule is O=C([O-])Cc1cn(CC(=O)N2CC(Oc3ccc4c(c3C(=O)[O-])C[B-](O)(O)CC4)C2)nn1. The Morgan fingerprint density at radius 2 is 1.97 bits per heavy atom. The summed E-state index contributed by atoms with van der Waals surface area (Å²) in [5, 5.41) is 49.7. The van der Waals surface area contributed by atoms with Gasteiger partial charge in [0, 0.05) is 24.2 Å². The van der Waals surface area contributed by atoms with Gasteiger partial charge in [-0.25, -0.2) is 4.68 Å². The summed E-state index contributed by atoms with van der Waals surface area (Å²) in [4.78, 5) is 36.2. The average Bonchev–Trinajstić information content (AvgIpc) is 3.08. The lowest BCUT2D eigenvalue weighted by Gasteiger charge is -2.40. The first-order valence-corrected chi connectivity index (χ1v) is 10.1. The summed E-state index contributed by atoms with van der Waals surface area (Å²) in [6.07, 6.45) is 0.848. The molecule has 0 aliphatic carbocycles. The first-order valence-electron chi connectivity index (χ1n) is 10.1. The maximum absolute atomic E-state index is 12.4. The number of aliphatic carboxylic acids is 1. The second kappa shape index (κ2) is 8.24. The molecule has 32 heavy (non-hydrogen) atoms. The molecule has 2 N–H and O–H groups in total. The van der Waals surface area contributed by atoms with Crippen LogP contribution in [0.25, 0.3) is 0 Å². The normalized spacial score (nSPS) is 17.4. The Morgan fingerprint density at radius 1 is 1.22 bits per heavy atom. The molecule has 2 aliphatic heterocycles.